The van der Waals surface area contributed by atoms with E-state index in [-0.39, 0.29) is 22.8 Å². The Morgan fingerprint density at radius 2 is 1.87 bits per heavy atom. The first kappa shape index (κ1) is 23.2. The van der Waals surface area contributed by atoms with Crippen molar-refractivity contribution in [2.45, 2.75) is 71.3 Å². The molecule has 6 unspecified atom stereocenters. The summed E-state index contributed by atoms with van der Waals surface area (Å²) in [5, 5.41) is 0. The lowest BCUT2D eigenvalue weighted by Crippen LogP contribution is -2.59. The number of amides is 1. The molecule has 0 spiro atoms. The van der Waals surface area contributed by atoms with Gasteiger partial charge in [0.25, 0.3) is 0 Å². The fourth-order valence-corrected chi connectivity index (χ4v) is 8.51. The summed E-state index contributed by atoms with van der Waals surface area (Å²) in [5.41, 5.74) is 8.38. The second-order valence-electron chi connectivity index (χ2n) is 12.1. The van der Waals surface area contributed by atoms with E-state index in [1.54, 1.807) is 0 Å². The Bertz CT molecular complexity index is 792. The van der Waals surface area contributed by atoms with Gasteiger partial charge < -0.3 is 10.6 Å². The molecule has 1 saturated heterocycles. The quantitative estimate of drug-likeness (QED) is 0.685. The highest BCUT2D eigenvalue weighted by atomic mass is 32.2. The van der Waals surface area contributed by atoms with Crippen LogP contribution in [0.1, 0.15) is 65.4 Å². The lowest BCUT2D eigenvalue weighted by molar-refractivity contribution is -0.148. The topological polar surface area (TPSA) is 46.3 Å². The zero-order chi connectivity index (χ0) is 22.4. The van der Waals surface area contributed by atoms with Crippen LogP contribution < -0.4 is 5.73 Å². The minimum absolute atomic E-state index is 0.000455. The van der Waals surface area contributed by atoms with Crippen LogP contribution in [0.2, 0.25) is 0 Å². The first-order chi connectivity index (χ1) is 14.6. The molecule has 31 heavy (non-hydrogen) atoms. The zero-order valence-corrected chi connectivity index (χ0v) is 21.0. The lowest BCUT2D eigenvalue weighted by atomic mass is 9.48. The van der Waals surface area contributed by atoms with Gasteiger partial charge in [0.15, 0.2) is 0 Å². The summed E-state index contributed by atoms with van der Waals surface area (Å²) in [5.74, 6) is 2.64. The normalized spacial score (nSPS) is 39.9. The molecule has 0 aromatic heterocycles. The van der Waals surface area contributed by atoms with Crippen molar-refractivity contribution in [1.29, 1.82) is 0 Å². The average Bonchev–Trinajstić information content (AvgIpc) is 2.69. The largest absolute Gasteiger partial charge is 0.342 e. The van der Waals surface area contributed by atoms with E-state index >= 15 is 0 Å². The third kappa shape index (κ3) is 4.31. The lowest BCUT2D eigenvalue weighted by Gasteiger charge is -2.58. The van der Waals surface area contributed by atoms with E-state index in [1.165, 1.54) is 30.6 Å². The van der Waals surface area contributed by atoms with Crippen molar-refractivity contribution in [3.05, 3.63) is 35.9 Å². The molecule has 1 aromatic carbocycles. The van der Waals surface area contributed by atoms with Gasteiger partial charge in [0.05, 0.1) is 0 Å². The van der Waals surface area contributed by atoms with Gasteiger partial charge in [-0.2, -0.15) is 11.8 Å². The van der Waals surface area contributed by atoms with Gasteiger partial charge >= 0.3 is 0 Å². The monoisotopic (exact) mass is 442 g/mol. The van der Waals surface area contributed by atoms with E-state index in [9.17, 15) is 4.79 Å². The van der Waals surface area contributed by atoms with Gasteiger partial charge in [-0.1, -0.05) is 58.0 Å². The Morgan fingerprint density at radius 3 is 2.52 bits per heavy atom. The van der Waals surface area contributed by atoms with Gasteiger partial charge in [-0.05, 0) is 77.8 Å². The molecule has 1 aliphatic heterocycles. The van der Waals surface area contributed by atoms with E-state index in [4.69, 9.17) is 5.73 Å². The van der Waals surface area contributed by atoms with Crippen LogP contribution in [0.3, 0.4) is 0 Å². The maximum absolute atomic E-state index is 13.9. The number of benzene rings is 1. The van der Waals surface area contributed by atoms with Crippen molar-refractivity contribution in [3.63, 3.8) is 0 Å². The molecule has 2 saturated carbocycles. The predicted molar refractivity (Wildman–Crippen MR) is 132 cm³/mol. The third-order valence-electron chi connectivity index (χ3n) is 8.79. The Labute approximate surface area is 193 Å². The van der Waals surface area contributed by atoms with Gasteiger partial charge in [-0.15, -0.1) is 0 Å². The fraction of sp³-hybridized carbons (Fsp3) is 0.741. The van der Waals surface area contributed by atoms with Gasteiger partial charge in [0.2, 0.25) is 5.91 Å². The summed E-state index contributed by atoms with van der Waals surface area (Å²) in [7, 11) is 0. The first-order valence-electron chi connectivity index (χ1n) is 12.2. The van der Waals surface area contributed by atoms with Crippen LogP contribution in [-0.2, 0) is 10.2 Å². The van der Waals surface area contributed by atoms with Crippen LogP contribution in [0.15, 0.2) is 30.3 Å². The molecule has 172 valence electrons. The number of likely N-dealkylation sites (tertiary alicyclic amines) is 1. The van der Waals surface area contributed by atoms with E-state index in [0.29, 0.717) is 23.2 Å². The Balaban J connectivity index is 1.64. The van der Waals surface area contributed by atoms with Crippen molar-refractivity contribution in [1.82, 2.24) is 4.90 Å². The SMILES string of the molecule is CSCC1(C)CC2CC(c3ccccc3)(CC(C)C2C(=O)N2CCC(N)C(C)(C)C2)C1. The summed E-state index contributed by atoms with van der Waals surface area (Å²) in [6.45, 7) is 10.9. The van der Waals surface area contributed by atoms with Crippen molar-refractivity contribution in [3.8, 4) is 0 Å². The van der Waals surface area contributed by atoms with E-state index in [1.807, 2.05) is 11.8 Å². The number of carbonyl (C=O) groups is 1. The van der Waals surface area contributed by atoms with Crippen LogP contribution in [-0.4, -0.2) is 41.9 Å². The van der Waals surface area contributed by atoms with E-state index in [0.717, 1.165) is 25.9 Å². The molecule has 0 radical (unpaired) electrons. The molecule has 3 nitrogen and oxygen atoms in total. The van der Waals surface area contributed by atoms with Gasteiger partial charge in [0, 0.05) is 25.0 Å². The molecule has 2 bridgehead atoms. The summed E-state index contributed by atoms with van der Waals surface area (Å²) < 4.78 is 0. The molecular weight excluding hydrogens is 400 g/mol. The molecule has 1 aromatic rings. The number of thioether (sulfide) groups is 1. The molecular formula is C27H42N2OS. The maximum Gasteiger partial charge on any atom is 0.226 e. The molecule has 6 atom stereocenters. The number of carbonyl (C=O) groups excluding carboxylic acids is 1. The summed E-state index contributed by atoms with van der Waals surface area (Å²) in [6.07, 6.45) is 7.87. The molecule has 2 N–H and O–H groups in total. The van der Waals surface area contributed by atoms with E-state index < -0.39 is 0 Å². The summed E-state index contributed by atoms with van der Waals surface area (Å²) in [6, 6.07) is 11.4. The van der Waals surface area contributed by atoms with Crippen LogP contribution in [0.5, 0.6) is 0 Å². The van der Waals surface area contributed by atoms with Crippen LogP contribution >= 0.6 is 11.8 Å². The van der Waals surface area contributed by atoms with Crippen molar-refractivity contribution >= 4 is 17.7 Å². The Hall–Kier alpha value is -1.00. The number of rotatable bonds is 4. The standard InChI is InChI=1S/C27H42N2OS/c1-19-13-27(21-9-7-6-8-10-21)15-20(14-26(4,16-27)18-31-5)23(19)24(30)29-12-11-22(28)25(2,3)17-29/h6-10,19-20,22-23H,11-18,28H2,1-5H3. The average molecular weight is 443 g/mol. The zero-order valence-electron chi connectivity index (χ0n) is 20.2. The minimum Gasteiger partial charge on any atom is -0.342 e. The highest BCUT2D eigenvalue weighted by Gasteiger charge is 2.56. The molecule has 4 rings (SSSR count). The summed E-state index contributed by atoms with van der Waals surface area (Å²) >= 11 is 1.97. The van der Waals surface area contributed by atoms with Crippen molar-refractivity contribution < 1.29 is 4.79 Å². The second-order valence-corrected chi connectivity index (χ2v) is 13.0. The van der Waals surface area contributed by atoms with Gasteiger partial charge in [-0.3, -0.25) is 4.79 Å². The van der Waals surface area contributed by atoms with Crippen LogP contribution in [0.25, 0.3) is 0 Å². The number of hydrogen-bond donors (Lipinski definition) is 1. The Morgan fingerprint density at radius 1 is 1.16 bits per heavy atom. The molecule has 2 aliphatic carbocycles. The number of hydrogen-bond acceptors (Lipinski definition) is 3. The molecule has 1 amide bonds. The molecule has 1 heterocycles. The first-order valence-corrected chi connectivity index (χ1v) is 13.6. The smallest absolute Gasteiger partial charge is 0.226 e. The summed E-state index contributed by atoms with van der Waals surface area (Å²) in [4.78, 5) is 16.1. The third-order valence-corrected chi connectivity index (χ3v) is 9.78. The van der Waals surface area contributed by atoms with E-state index in [2.05, 4.69) is 69.2 Å². The van der Waals surface area contributed by atoms with Crippen molar-refractivity contribution in [2.24, 2.45) is 34.3 Å². The number of fused-ring (bicyclic) bond motifs is 2. The van der Waals surface area contributed by atoms with Gasteiger partial charge in [0.1, 0.15) is 0 Å². The van der Waals surface area contributed by atoms with Crippen LogP contribution in [0, 0.1) is 28.6 Å². The second kappa shape index (κ2) is 8.41. The molecule has 4 heteroatoms. The minimum atomic E-state index is -0.000455. The fourth-order valence-electron chi connectivity index (χ4n) is 7.59. The number of nitrogens with zero attached hydrogens (tertiary/aromatic N) is 1. The predicted octanol–water partition coefficient (Wildman–Crippen LogP) is 5.34. The number of piperidine rings is 1. The Kier molecular flexibility index (Phi) is 6.28. The van der Waals surface area contributed by atoms with Crippen LogP contribution in [0.4, 0.5) is 0 Å². The highest BCUT2D eigenvalue weighted by Crippen LogP contribution is 2.60. The number of nitrogens with two attached hydrogens (primary N) is 1. The van der Waals surface area contributed by atoms with Crippen molar-refractivity contribution in [2.75, 3.05) is 25.1 Å². The molecule has 3 aliphatic rings. The maximum atomic E-state index is 13.9. The highest BCUT2D eigenvalue weighted by molar-refractivity contribution is 7.98. The van der Waals surface area contributed by atoms with Gasteiger partial charge in [-0.25, -0.2) is 0 Å². The molecule has 3 fully saturated rings.